The standard InChI is InChI=1S/C18H21FN2O/c19-16-8-6-7-15(13-16)14-20-17(22)18(9-2-1-3-10-18)21-11-4-5-12-21/h4-8,11-13H,1-3,9-10,14H2,(H,20,22). The van der Waals surface area contributed by atoms with E-state index in [4.69, 9.17) is 0 Å². The Balaban J connectivity index is 1.75. The maximum absolute atomic E-state index is 13.2. The lowest BCUT2D eigenvalue weighted by molar-refractivity contribution is -0.131. The highest BCUT2D eigenvalue weighted by molar-refractivity contribution is 5.84. The molecule has 3 rings (SSSR count). The first-order chi connectivity index (χ1) is 10.7. The van der Waals surface area contributed by atoms with Crippen LogP contribution < -0.4 is 5.32 Å². The van der Waals surface area contributed by atoms with Crippen molar-refractivity contribution < 1.29 is 9.18 Å². The van der Waals surface area contributed by atoms with Gasteiger partial charge in [-0.05, 0) is 42.7 Å². The third kappa shape index (κ3) is 2.91. The van der Waals surface area contributed by atoms with Gasteiger partial charge in [-0.15, -0.1) is 0 Å². The Hall–Kier alpha value is -2.10. The third-order valence-electron chi connectivity index (χ3n) is 4.54. The molecule has 1 aliphatic carbocycles. The molecule has 0 atom stereocenters. The summed E-state index contributed by atoms with van der Waals surface area (Å²) >= 11 is 0. The summed E-state index contributed by atoms with van der Waals surface area (Å²) < 4.78 is 15.3. The second kappa shape index (κ2) is 6.34. The number of rotatable bonds is 4. The highest BCUT2D eigenvalue weighted by Gasteiger charge is 2.40. The van der Waals surface area contributed by atoms with Crippen molar-refractivity contribution >= 4 is 5.91 Å². The Labute approximate surface area is 130 Å². The van der Waals surface area contributed by atoms with Gasteiger partial charge in [-0.1, -0.05) is 31.4 Å². The molecule has 1 aliphatic rings. The van der Waals surface area contributed by atoms with Crippen molar-refractivity contribution in [1.82, 2.24) is 9.88 Å². The Bertz CT molecular complexity index is 630. The minimum atomic E-state index is -0.491. The summed E-state index contributed by atoms with van der Waals surface area (Å²) in [4.78, 5) is 12.9. The normalized spacial score (nSPS) is 17.1. The quantitative estimate of drug-likeness (QED) is 0.919. The van der Waals surface area contributed by atoms with E-state index in [0.717, 1.165) is 31.2 Å². The first kappa shape index (κ1) is 14.8. The van der Waals surface area contributed by atoms with Crippen LogP contribution in [0.3, 0.4) is 0 Å². The molecule has 0 bridgehead atoms. The lowest BCUT2D eigenvalue weighted by Crippen LogP contribution is -2.49. The summed E-state index contributed by atoms with van der Waals surface area (Å²) in [6.07, 6.45) is 8.95. The summed E-state index contributed by atoms with van der Waals surface area (Å²) in [7, 11) is 0. The number of halogens is 1. The van der Waals surface area contributed by atoms with Gasteiger partial charge in [0.25, 0.3) is 0 Å². The van der Waals surface area contributed by atoms with Gasteiger partial charge in [0.2, 0.25) is 5.91 Å². The van der Waals surface area contributed by atoms with Gasteiger partial charge in [0.1, 0.15) is 11.4 Å². The maximum Gasteiger partial charge on any atom is 0.246 e. The smallest absolute Gasteiger partial charge is 0.246 e. The van der Waals surface area contributed by atoms with Gasteiger partial charge in [-0.3, -0.25) is 4.79 Å². The van der Waals surface area contributed by atoms with Crippen molar-refractivity contribution in [2.45, 2.75) is 44.2 Å². The van der Waals surface area contributed by atoms with E-state index in [9.17, 15) is 9.18 Å². The molecular formula is C18H21FN2O. The minimum Gasteiger partial charge on any atom is -0.350 e. The zero-order valence-corrected chi connectivity index (χ0v) is 12.6. The third-order valence-corrected chi connectivity index (χ3v) is 4.54. The number of hydrogen-bond donors (Lipinski definition) is 1. The van der Waals surface area contributed by atoms with Crippen molar-refractivity contribution in [2.75, 3.05) is 0 Å². The van der Waals surface area contributed by atoms with E-state index in [-0.39, 0.29) is 11.7 Å². The van der Waals surface area contributed by atoms with E-state index >= 15 is 0 Å². The molecule has 1 heterocycles. The fourth-order valence-corrected chi connectivity index (χ4v) is 3.35. The average Bonchev–Trinajstić information content (AvgIpc) is 3.08. The second-order valence-corrected chi connectivity index (χ2v) is 6.00. The number of carbonyl (C=O) groups excluding carboxylic acids is 1. The number of nitrogens with zero attached hydrogens (tertiary/aromatic N) is 1. The SMILES string of the molecule is O=C(NCc1cccc(F)c1)C1(n2cccc2)CCCCC1. The summed E-state index contributed by atoms with van der Waals surface area (Å²) in [5.74, 6) is -0.239. The molecule has 1 aromatic carbocycles. The molecule has 1 aromatic heterocycles. The molecule has 22 heavy (non-hydrogen) atoms. The van der Waals surface area contributed by atoms with Crippen molar-refractivity contribution in [2.24, 2.45) is 0 Å². The van der Waals surface area contributed by atoms with Gasteiger partial charge >= 0.3 is 0 Å². The number of carbonyl (C=O) groups is 1. The van der Waals surface area contributed by atoms with Crippen LogP contribution in [0.4, 0.5) is 4.39 Å². The molecule has 4 heteroatoms. The first-order valence-electron chi connectivity index (χ1n) is 7.87. The van der Waals surface area contributed by atoms with Crippen LogP contribution in [-0.2, 0) is 16.9 Å². The van der Waals surface area contributed by atoms with Gasteiger partial charge in [-0.2, -0.15) is 0 Å². The van der Waals surface area contributed by atoms with Gasteiger partial charge < -0.3 is 9.88 Å². The summed E-state index contributed by atoms with van der Waals surface area (Å²) in [5.41, 5.74) is 0.293. The zero-order chi connectivity index (χ0) is 15.4. The molecule has 0 spiro atoms. The molecule has 1 N–H and O–H groups in total. The van der Waals surface area contributed by atoms with Gasteiger partial charge in [0.05, 0.1) is 0 Å². The summed E-state index contributed by atoms with van der Waals surface area (Å²) in [6, 6.07) is 10.3. The van der Waals surface area contributed by atoms with Crippen LogP contribution in [0.2, 0.25) is 0 Å². The number of hydrogen-bond acceptors (Lipinski definition) is 1. The Kier molecular flexibility index (Phi) is 4.27. The molecule has 0 radical (unpaired) electrons. The number of benzene rings is 1. The van der Waals surface area contributed by atoms with Crippen molar-refractivity contribution in [3.63, 3.8) is 0 Å². The molecule has 0 unspecified atom stereocenters. The van der Waals surface area contributed by atoms with Crippen molar-refractivity contribution in [3.8, 4) is 0 Å². The number of aromatic nitrogens is 1. The molecule has 2 aromatic rings. The lowest BCUT2D eigenvalue weighted by Gasteiger charge is -2.37. The monoisotopic (exact) mass is 300 g/mol. The number of amides is 1. The Morgan fingerprint density at radius 3 is 2.55 bits per heavy atom. The lowest BCUT2D eigenvalue weighted by atomic mass is 9.80. The molecule has 1 saturated carbocycles. The van der Waals surface area contributed by atoms with Crippen LogP contribution in [0.15, 0.2) is 48.8 Å². The van der Waals surface area contributed by atoms with Crippen molar-refractivity contribution in [1.29, 1.82) is 0 Å². The molecule has 1 amide bonds. The number of nitrogens with one attached hydrogen (secondary N) is 1. The maximum atomic E-state index is 13.2. The van der Waals surface area contributed by atoms with Gasteiger partial charge in [-0.25, -0.2) is 4.39 Å². The fraction of sp³-hybridized carbons (Fsp3) is 0.389. The molecule has 3 nitrogen and oxygen atoms in total. The van der Waals surface area contributed by atoms with Gasteiger partial charge in [0, 0.05) is 18.9 Å². The first-order valence-corrected chi connectivity index (χ1v) is 7.87. The van der Waals surface area contributed by atoms with E-state index in [0.29, 0.717) is 6.54 Å². The second-order valence-electron chi connectivity index (χ2n) is 6.00. The Morgan fingerprint density at radius 1 is 1.14 bits per heavy atom. The minimum absolute atomic E-state index is 0.0349. The average molecular weight is 300 g/mol. The van der Waals surface area contributed by atoms with E-state index < -0.39 is 5.54 Å². The van der Waals surface area contributed by atoms with Crippen LogP contribution in [0.5, 0.6) is 0 Å². The molecule has 1 fully saturated rings. The van der Waals surface area contributed by atoms with Crippen LogP contribution >= 0.6 is 0 Å². The van der Waals surface area contributed by atoms with Crippen LogP contribution in [0.25, 0.3) is 0 Å². The van der Waals surface area contributed by atoms with E-state index in [1.54, 1.807) is 6.07 Å². The fourth-order valence-electron chi connectivity index (χ4n) is 3.35. The van der Waals surface area contributed by atoms with Crippen LogP contribution in [0.1, 0.15) is 37.7 Å². The summed E-state index contributed by atoms with van der Waals surface area (Å²) in [6.45, 7) is 0.361. The van der Waals surface area contributed by atoms with E-state index in [2.05, 4.69) is 5.32 Å². The molecule has 116 valence electrons. The van der Waals surface area contributed by atoms with E-state index in [1.807, 2.05) is 35.2 Å². The largest absolute Gasteiger partial charge is 0.350 e. The van der Waals surface area contributed by atoms with Crippen LogP contribution in [-0.4, -0.2) is 10.5 Å². The molecular weight excluding hydrogens is 279 g/mol. The van der Waals surface area contributed by atoms with Crippen LogP contribution in [0, 0.1) is 5.82 Å². The zero-order valence-electron chi connectivity index (χ0n) is 12.6. The topological polar surface area (TPSA) is 34.0 Å². The van der Waals surface area contributed by atoms with E-state index in [1.165, 1.54) is 18.6 Å². The molecule has 0 saturated heterocycles. The molecule has 0 aliphatic heterocycles. The highest BCUT2D eigenvalue weighted by Crippen LogP contribution is 2.35. The van der Waals surface area contributed by atoms with Crippen molar-refractivity contribution in [3.05, 3.63) is 60.2 Å². The predicted octanol–water partition coefficient (Wildman–Crippen LogP) is 3.60. The Morgan fingerprint density at radius 2 is 1.86 bits per heavy atom. The highest BCUT2D eigenvalue weighted by atomic mass is 19.1. The van der Waals surface area contributed by atoms with Gasteiger partial charge in [0.15, 0.2) is 0 Å². The summed E-state index contributed by atoms with van der Waals surface area (Å²) in [5, 5.41) is 3.00. The predicted molar refractivity (Wildman–Crippen MR) is 83.7 cm³/mol.